The zero-order valence-corrected chi connectivity index (χ0v) is 17.7. The Labute approximate surface area is 177 Å². The Hall–Kier alpha value is -2.16. The molecule has 1 aromatic rings. The van der Waals surface area contributed by atoms with Crippen LogP contribution in [0.25, 0.3) is 0 Å². The van der Waals surface area contributed by atoms with Crippen LogP contribution in [0.15, 0.2) is 24.3 Å². The van der Waals surface area contributed by atoms with Crippen molar-refractivity contribution in [2.75, 3.05) is 38.7 Å². The van der Waals surface area contributed by atoms with E-state index >= 15 is 0 Å². The Morgan fingerprint density at radius 1 is 1.21 bits per heavy atom. The van der Waals surface area contributed by atoms with Crippen LogP contribution in [-0.2, 0) is 19.1 Å². The van der Waals surface area contributed by atoms with Gasteiger partial charge in [-0.1, -0.05) is 0 Å². The maximum absolute atomic E-state index is 12.7. The van der Waals surface area contributed by atoms with Gasteiger partial charge >= 0.3 is 5.97 Å². The summed E-state index contributed by atoms with van der Waals surface area (Å²) in [5.41, 5.74) is 6.67. The van der Waals surface area contributed by atoms with Crippen molar-refractivity contribution >= 4 is 35.9 Å². The van der Waals surface area contributed by atoms with Gasteiger partial charge in [0.25, 0.3) is 5.91 Å². The number of ether oxygens (including phenoxy) is 2. The summed E-state index contributed by atoms with van der Waals surface area (Å²) < 4.78 is 10.1. The normalized spacial score (nSPS) is 15.2. The van der Waals surface area contributed by atoms with E-state index in [1.54, 1.807) is 36.1 Å². The van der Waals surface area contributed by atoms with Crippen LogP contribution < -0.4 is 11.1 Å². The van der Waals surface area contributed by atoms with E-state index in [1.165, 1.54) is 7.11 Å². The minimum atomic E-state index is -0.321. The van der Waals surface area contributed by atoms with Gasteiger partial charge in [0.1, 0.15) is 0 Å². The molecule has 1 fully saturated rings. The van der Waals surface area contributed by atoms with Crippen molar-refractivity contribution in [3.8, 4) is 0 Å². The molecule has 1 unspecified atom stereocenters. The molecule has 0 aliphatic carbocycles. The van der Waals surface area contributed by atoms with Crippen LogP contribution in [0.1, 0.15) is 36.5 Å². The van der Waals surface area contributed by atoms with E-state index in [1.807, 2.05) is 0 Å². The van der Waals surface area contributed by atoms with Crippen LogP contribution in [0, 0.1) is 5.92 Å². The summed E-state index contributed by atoms with van der Waals surface area (Å²) in [5, 5.41) is 2.77. The molecule has 9 heteroatoms. The number of carbonyl (C=O) groups excluding carboxylic acids is 3. The standard InChI is InChI=1S/C20H29N3O5.ClH/c1-3-28-20(26)15-8-10-23(11-9-15)19(25)14-4-6-16(7-5-14)22-18(24)12-17(13-21)27-2;/h4-7,15,17H,3,8-13,21H2,1-2H3,(H,22,24);1H. The average molecular weight is 428 g/mol. The second-order valence-corrected chi connectivity index (χ2v) is 6.74. The number of methoxy groups -OCH3 is 1. The van der Waals surface area contributed by atoms with E-state index in [2.05, 4.69) is 5.32 Å². The van der Waals surface area contributed by atoms with Crippen molar-refractivity contribution in [3.05, 3.63) is 29.8 Å². The van der Waals surface area contributed by atoms with E-state index in [9.17, 15) is 14.4 Å². The zero-order valence-electron chi connectivity index (χ0n) is 16.9. The summed E-state index contributed by atoms with van der Waals surface area (Å²) in [4.78, 5) is 38.2. The molecule has 1 aliphatic heterocycles. The first-order valence-corrected chi connectivity index (χ1v) is 9.57. The molecule has 29 heavy (non-hydrogen) atoms. The molecule has 1 atom stereocenters. The third kappa shape index (κ3) is 7.30. The van der Waals surface area contributed by atoms with Gasteiger partial charge in [-0.05, 0) is 44.0 Å². The first kappa shape index (κ1) is 24.9. The molecule has 2 amide bonds. The Balaban J connectivity index is 0.00000420. The maximum Gasteiger partial charge on any atom is 0.309 e. The van der Waals surface area contributed by atoms with E-state index in [4.69, 9.17) is 15.2 Å². The first-order chi connectivity index (χ1) is 13.5. The van der Waals surface area contributed by atoms with Crippen LogP contribution in [0.5, 0.6) is 0 Å². The Morgan fingerprint density at radius 2 is 1.83 bits per heavy atom. The predicted octanol–water partition coefficient (Wildman–Crippen LogP) is 1.83. The number of esters is 1. The van der Waals surface area contributed by atoms with Crippen LogP contribution in [0.2, 0.25) is 0 Å². The predicted molar refractivity (Wildman–Crippen MR) is 112 cm³/mol. The lowest BCUT2D eigenvalue weighted by molar-refractivity contribution is -0.149. The number of amides is 2. The number of halogens is 1. The number of benzene rings is 1. The first-order valence-electron chi connectivity index (χ1n) is 9.57. The summed E-state index contributed by atoms with van der Waals surface area (Å²) in [6, 6.07) is 6.76. The molecule has 1 aromatic carbocycles. The minimum Gasteiger partial charge on any atom is -0.466 e. The van der Waals surface area contributed by atoms with Gasteiger partial charge in [-0.25, -0.2) is 0 Å². The fraction of sp³-hybridized carbons (Fsp3) is 0.550. The third-order valence-corrected chi connectivity index (χ3v) is 4.83. The molecule has 0 spiro atoms. The van der Waals surface area contributed by atoms with Crippen molar-refractivity contribution in [2.24, 2.45) is 11.7 Å². The molecular weight excluding hydrogens is 398 g/mol. The zero-order chi connectivity index (χ0) is 20.5. The van der Waals surface area contributed by atoms with Crippen LogP contribution in [-0.4, -0.2) is 62.1 Å². The van der Waals surface area contributed by atoms with Crippen molar-refractivity contribution < 1.29 is 23.9 Å². The molecule has 1 saturated heterocycles. The monoisotopic (exact) mass is 427 g/mol. The summed E-state index contributed by atoms with van der Waals surface area (Å²) in [5.74, 6) is -0.591. The minimum absolute atomic E-state index is 0. The van der Waals surface area contributed by atoms with E-state index in [-0.39, 0.29) is 55.2 Å². The summed E-state index contributed by atoms with van der Waals surface area (Å²) in [6.07, 6.45) is 1.07. The number of hydrogen-bond donors (Lipinski definition) is 2. The summed E-state index contributed by atoms with van der Waals surface area (Å²) in [7, 11) is 1.51. The second kappa shape index (κ2) is 12.4. The highest BCUT2D eigenvalue weighted by Gasteiger charge is 2.28. The van der Waals surface area contributed by atoms with Gasteiger partial charge in [-0.2, -0.15) is 0 Å². The number of carbonyl (C=O) groups is 3. The number of nitrogens with zero attached hydrogens (tertiary/aromatic N) is 1. The van der Waals surface area contributed by atoms with Gasteiger partial charge in [-0.3, -0.25) is 14.4 Å². The summed E-state index contributed by atoms with van der Waals surface area (Å²) in [6.45, 7) is 3.48. The topological polar surface area (TPSA) is 111 Å². The molecule has 1 heterocycles. The molecule has 0 aromatic heterocycles. The highest BCUT2D eigenvalue weighted by molar-refractivity contribution is 5.96. The Kier molecular flexibility index (Phi) is 10.6. The van der Waals surface area contributed by atoms with Crippen LogP contribution in [0.4, 0.5) is 5.69 Å². The van der Waals surface area contributed by atoms with Gasteiger partial charge in [0.15, 0.2) is 0 Å². The van der Waals surface area contributed by atoms with E-state index in [0.29, 0.717) is 43.8 Å². The molecule has 2 rings (SSSR count). The number of likely N-dealkylation sites (tertiary alicyclic amines) is 1. The average Bonchev–Trinajstić information content (AvgIpc) is 2.72. The molecule has 0 saturated carbocycles. The lowest BCUT2D eigenvalue weighted by Gasteiger charge is -2.31. The number of nitrogens with one attached hydrogen (secondary N) is 1. The molecule has 1 aliphatic rings. The van der Waals surface area contributed by atoms with Crippen LogP contribution >= 0.6 is 12.4 Å². The molecule has 162 valence electrons. The number of piperidine rings is 1. The highest BCUT2D eigenvalue weighted by atomic mass is 35.5. The van der Waals surface area contributed by atoms with Crippen molar-refractivity contribution in [2.45, 2.75) is 32.3 Å². The second-order valence-electron chi connectivity index (χ2n) is 6.74. The number of anilines is 1. The van der Waals surface area contributed by atoms with E-state index < -0.39 is 0 Å². The smallest absolute Gasteiger partial charge is 0.309 e. The summed E-state index contributed by atoms with van der Waals surface area (Å²) >= 11 is 0. The maximum atomic E-state index is 12.7. The molecular formula is C20H30ClN3O5. The van der Waals surface area contributed by atoms with E-state index in [0.717, 1.165) is 0 Å². The molecule has 3 N–H and O–H groups in total. The third-order valence-electron chi connectivity index (χ3n) is 4.83. The fourth-order valence-corrected chi connectivity index (χ4v) is 3.14. The van der Waals surface area contributed by atoms with Crippen molar-refractivity contribution in [1.82, 2.24) is 4.90 Å². The highest BCUT2D eigenvalue weighted by Crippen LogP contribution is 2.21. The van der Waals surface area contributed by atoms with Gasteiger partial charge in [-0.15, -0.1) is 12.4 Å². The van der Waals surface area contributed by atoms with Gasteiger partial charge in [0, 0.05) is 38.0 Å². The SMILES string of the molecule is CCOC(=O)C1CCN(C(=O)c2ccc(NC(=O)CC(CN)OC)cc2)CC1.Cl. The van der Waals surface area contributed by atoms with Gasteiger partial charge in [0.05, 0.1) is 25.0 Å². The number of rotatable bonds is 8. The Morgan fingerprint density at radius 3 is 2.34 bits per heavy atom. The van der Waals surface area contributed by atoms with Gasteiger partial charge < -0.3 is 25.4 Å². The van der Waals surface area contributed by atoms with Crippen LogP contribution in [0.3, 0.4) is 0 Å². The number of nitrogens with two attached hydrogens (primary N) is 1. The lowest BCUT2D eigenvalue weighted by atomic mass is 9.96. The Bertz CT molecular complexity index is 671. The van der Waals surface area contributed by atoms with Crippen molar-refractivity contribution in [1.29, 1.82) is 0 Å². The molecule has 0 bridgehead atoms. The number of hydrogen-bond acceptors (Lipinski definition) is 6. The quantitative estimate of drug-likeness (QED) is 0.612. The van der Waals surface area contributed by atoms with Crippen molar-refractivity contribution in [3.63, 3.8) is 0 Å². The fourth-order valence-electron chi connectivity index (χ4n) is 3.14. The lowest BCUT2D eigenvalue weighted by Crippen LogP contribution is -2.40. The van der Waals surface area contributed by atoms with Gasteiger partial charge in [0.2, 0.25) is 5.91 Å². The molecule has 8 nitrogen and oxygen atoms in total. The molecule has 0 radical (unpaired) electrons. The largest absolute Gasteiger partial charge is 0.466 e.